The topological polar surface area (TPSA) is 21.3 Å². The van der Waals surface area contributed by atoms with Gasteiger partial charge in [0.05, 0.1) is 13.2 Å². The molecule has 1 aliphatic rings. The van der Waals surface area contributed by atoms with Crippen molar-refractivity contribution in [2.45, 2.75) is 51.7 Å². The fourth-order valence-corrected chi connectivity index (χ4v) is 2.38. The zero-order valence-electron chi connectivity index (χ0n) is 11.6. The maximum absolute atomic E-state index is 5.80. The minimum Gasteiger partial charge on any atom is -0.375 e. The molecule has 1 aromatic carbocycles. The predicted molar refractivity (Wildman–Crippen MR) is 75.8 cm³/mol. The highest BCUT2D eigenvalue weighted by molar-refractivity contribution is 5.24. The largest absolute Gasteiger partial charge is 0.375 e. The first-order chi connectivity index (χ1) is 8.75. The maximum atomic E-state index is 5.80. The van der Waals surface area contributed by atoms with Crippen LogP contribution in [-0.4, -0.2) is 19.2 Å². The number of rotatable bonds is 5. The first-order valence-electron chi connectivity index (χ1n) is 7.15. The van der Waals surface area contributed by atoms with Crippen molar-refractivity contribution in [2.75, 3.05) is 13.2 Å². The van der Waals surface area contributed by atoms with Crippen LogP contribution in [-0.2, 0) is 11.3 Å². The van der Waals surface area contributed by atoms with Crippen LogP contribution in [0.4, 0.5) is 0 Å². The van der Waals surface area contributed by atoms with Gasteiger partial charge in [0.25, 0.3) is 0 Å². The molecule has 18 heavy (non-hydrogen) atoms. The molecule has 1 aliphatic heterocycles. The van der Waals surface area contributed by atoms with Crippen molar-refractivity contribution in [1.82, 2.24) is 5.32 Å². The van der Waals surface area contributed by atoms with Gasteiger partial charge in [-0.2, -0.15) is 0 Å². The molecule has 2 heteroatoms. The smallest absolute Gasteiger partial charge is 0.0717 e. The molecule has 1 saturated heterocycles. The fourth-order valence-electron chi connectivity index (χ4n) is 2.38. The Kier molecular flexibility index (Phi) is 5.21. The quantitative estimate of drug-likeness (QED) is 0.860. The molecule has 1 unspecified atom stereocenters. The first kappa shape index (κ1) is 13.6. The Balaban J connectivity index is 1.72. The van der Waals surface area contributed by atoms with Gasteiger partial charge in [-0.25, -0.2) is 0 Å². The van der Waals surface area contributed by atoms with Gasteiger partial charge in [-0.15, -0.1) is 0 Å². The summed E-state index contributed by atoms with van der Waals surface area (Å²) < 4.78 is 5.80. The van der Waals surface area contributed by atoms with E-state index in [-0.39, 0.29) is 0 Å². The molecule has 2 nitrogen and oxygen atoms in total. The van der Waals surface area contributed by atoms with Gasteiger partial charge in [0.15, 0.2) is 0 Å². The number of nitrogens with one attached hydrogen (secondary N) is 1. The minimum atomic E-state index is 0.564. The van der Waals surface area contributed by atoms with Crippen molar-refractivity contribution in [3.63, 3.8) is 0 Å². The van der Waals surface area contributed by atoms with E-state index in [0.29, 0.717) is 12.0 Å². The van der Waals surface area contributed by atoms with Crippen molar-refractivity contribution in [3.05, 3.63) is 35.4 Å². The van der Waals surface area contributed by atoms with Gasteiger partial charge in [-0.05, 0) is 36.4 Å². The van der Waals surface area contributed by atoms with E-state index in [1.165, 1.54) is 30.4 Å². The van der Waals surface area contributed by atoms with Gasteiger partial charge in [0.2, 0.25) is 0 Å². The molecule has 100 valence electrons. The Hall–Kier alpha value is -0.860. The summed E-state index contributed by atoms with van der Waals surface area (Å²) in [6, 6.07) is 9.35. The Morgan fingerprint density at radius 2 is 2.00 bits per heavy atom. The lowest BCUT2D eigenvalue weighted by atomic mass is 10.0. The summed E-state index contributed by atoms with van der Waals surface area (Å²) >= 11 is 0. The second-order valence-corrected chi connectivity index (χ2v) is 5.56. The molecule has 0 amide bonds. The number of piperidine rings is 1. The van der Waals surface area contributed by atoms with Crippen LogP contribution < -0.4 is 5.32 Å². The number of hydrogen-bond donors (Lipinski definition) is 1. The van der Waals surface area contributed by atoms with Crippen LogP contribution in [0.15, 0.2) is 24.3 Å². The average molecular weight is 247 g/mol. The van der Waals surface area contributed by atoms with Crippen LogP contribution in [0.1, 0.15) is 50.2 Å². The third-order valence-corrected chi connectivity index (χ3v) is 3.65. The molecule has 0 saturated carbocycles. The summed E-state index contributed by atoms with van der Waals surface area (Å²) in [6.07, 6.45) is 3.91. The van der Waals surface area contributed by atoms with Crippen LogP contribution in [0.3, 0.4) is 0 Å². The van der Waals surface area contributed by atoms with E-state index in [1.807, 2.05) is 0 Å². The second-order valence-electron chi connectivity index (χ2n) is 5.56. The Bertz CT molecular complexity index is 339. The highest BCUT2D eigenvalue weighted by Gasteiger charge is 2.12. The van der Waals surface area contributed by atoms with Crippen molar-refractivity contribution >= 4 is 0 Å². The average Bonchev–Trinajstić information content (AvgIpc) is 2.40. The molecule has 1 N–H and O–H groups in total. The Morgan fingerprint density at radius 1 is 1.22 bits per heavy atom. The molecule has 2 rings (SSSR count). The van der Waals surface area contributed by atoms with Crippen molar-refractivity contribution in [2.24, 2.45) is 0 Å². The van der Waals surface area contributed by atoms with Gasteiger partial charge >= 0.3 is 0 Å². The Morgan fingerprint density at radius 3 is 2.61 bits per heavy atom. The predicted octanol–water partition coefficient (Wildman–Crippen LogP) is 3.47. The van der Waals surface area contributed by atoms with Crippen LogP contribution in [0.25, 0.3) is 0 Å². The van der Waals surface area contributed by atoms with Gasteiger partial charge in [0, 0.05) is 6.04 Å². The normalized spacial score (nSPS) is 20.3. The molecule has 1 atom stereocenters. The molecule has 0 radical (unpaired) electrons. The Labute approximate surface area is 111 Å². The summed E-state index contributed by atoms with van der Waals surface area (Å²) in [7, 11) is 0. The van der Waals surface area contributed by atoms with E-state index in [4.69, 9.17) is 4.74 Å². The lowest BCUT2D eigenvalue weighted by Gasteiger charge is -2.23. The third kappa shape index (κ3) is 4.11. The zero-order chi connectivity index (χ0) is 12.8. The zero-order valence-corrected chi connectivity index (χ0v) is 11.6. The van der Waals surface area contributed by atoms with Crippen molar-refractivity contribution in [3.8, 4) is 0 Å². The molecule has 1 aromatic rings. The van der Waals surface area contributed by atoms with Crippen LogP contribution in [0.5, 0.6) is 0 Å². The lowest BCUT2D eigenvalue weighted by Crippen LogP contribution is -2.37. The number of hydrogen-bond acceptors (Lipinski definition) is 2. The summed E-state index contributed by atoms with van der Waals surface area (Å²) in [5.41, 5.74) is 2.67. The molecule has 1 fully saturated rings. The van der Waals surface area contributed by atoms with Gasteiger partial charge in [-0.3, -0.25) is 0 Å². The standard InChI is InChI=1S/C16H25NO/c1-13(2)15-8-6-14(7-9-15)11-18-12-16-5-3-4-10-17-16/h6-9,13,16-17H,3-5,10-12H2,1-2H3. The molecule has 0 bridgehead atoms. The van der Waals surface area contributed by atoms with E-state index >= 15 is 0 Å². The van der Waals surface area contributed by atoms with Gasteiger partial charge in [0.1, 0.15) is 0 Å². The monoisotopic (exact) mass is 247 g/mol. The molecular formula is C16H25NO. The highest BCUT2D eigenvalue weighted by atomic mass is 16.5. The molecule has 1 heterocycles. The minimum absolute atomic E-state index is 0.564. The molecule has 0 aromatic heterocycles. The van der Waals surface area contributed by atoms with Crippen molar-refractivity contribution in [1.29, 1.82) is 0 Å². The lowest BCUT2D eigenvalue weighted by molar-refractivity contribution is 0.0911. The first-order valence-corrected chi connectivity index (χ1v) is 7.15. The summed E-state index contributed by atoms with van der Waals surface area (Å²) in [5, 5.41) is 3.50. The third-order valence-electron chi connectivity index (χ3n) is 3.65. The molecular weight excluding hydrogens is 222 g/mol. The fraction of sp³-hybridized carbons (Fsp3) is 0.625. The van der Waals surface area contributed by atoms with E-state index in [0.717, 1.165) is 19.8 Å². The number of benzene rings is 1. The van der Waals surface area contributed by atoms with Crippen LogP contribution in [0, 0.1) is 0 Å². The maximum Gasteiger partial charge on any atom is 0.0717 e. The second kappa shape index (κ2) is 6.91. The summed E-state index contributed by atoms with van der Waals surface area (Å²) in [6.45, 7) is 7.17. The highest BCUT2D eigenvalue weighted by Crippen LogP contribution is 2.15. The van der Waals surface area contributed by atoms with Gasteiger partial charge in [-0.1, -0.05) is 44.5 Å². The van der Waals surface area contributed by atoms with Crippen LogP contribution >= 0.6 is 0 Å². The van der Waals surface area contributed by atoms with E-state index in [1.54, 1.807) is 0 Å². The van der Waals surface area contributed by atoms with Gasteiger partial charge < -0.3 is 10.1 Å². The van der Waals surface area contributed by atoms with Crippen LogP contribution in [0.2, 0.25) is 0 Å². The molecule has 0 aliphatic carbocycles. The summed E-state index contributed by atoms with van der Waals surface area (Å²) in [5.74, 6) is 0.603. The van der Waals surface area contributed by atoms with E-state index < -0.39 is 0 Å². The van der Waals surface area contributed by atoms with E-state index in [9.17, 15) is 0 Å². The SMILES string of the molecule is CC(C)c1ccc(COCC2CCCCN2)cc1. The summed E-state index contributed by atoms with van der Waals surface area (Å²) in [4.78, 5) is 0. The van der Waals surface area contributed by atoms with Crippen molar-refractivity contribution < 1.29 is 4.74 Å². The molecule has 0 spiro atoms. The van der Waals surface area contributed by atoms with E-state index in [2.05, 4.69) is 43.4 Å². The number of ether oxygens (including phenoxy) is 1.